The lowest BCUT2D eigenvalue weighted by atomic mass is 9.71. The number of hydrogen-bond acceptors (Lipinski definition) is 3. The van der Waals surface area contributed by atoms with E-state index < -0.39 is 5.60 Å². The number of likely N-dealkylation sites (N-methyl/N-ethyl adjacent to an activating group) is 1. The summed E-state index contributed by atoms with van der Waals surface area (Å²) in [4.78, 5) is 14.1. The van der Waals surface area contributed by atoms with Crippen molar-refractivity contribution in [3.8, 4) is 0 Å². The van der Waals surface area contributed by atoms with Gasteiger partial charge in [-0.05, 0) is 30.4 Å². The molecule has 0 spiro atoms. The van der Waals surface area contributed by atoms with E-state index in [-0.39, 0.29) is 11.4 Å². The van der Waals surface area contributed by atoms with Crippen LogP contribution in [0, 0.1) is 0 Å². The zero-order valence-electron chi connectivity index (χ0n) is 15.4. The fraction of sp³-hybridized carbons (Fsp3) is 0.650. The average Bonchev–Trinajstić information content (AvgIpc) is 2.60. The van der Waals surface area contributed by atoms with E-state index in [9.17, 15) is 9.90 Å². The fourth-order valence-electron chi connectivity index (χ4n) is 4.14. The Hall–Kier alpha value is -1.59. The maximum absolute atomic E-state index is 12.5. The quantitative estimate of drug-likeness (QED) is 0.880. The van der Waals surface area contributed by atoms with Crippen LogP contribution in [0.3, 0.4) is 0 Å². The van der Waals surface area contributed by atoms with Gasteiger partial charge in [0.05, 0.1) is 12.1 Å². The van der Waals surface area contributed by atoms with Gasteiger partial charge in [0.1, 0.15) is 0 Å². The van der Waals surface area contributed by atoms with Crippen LogP contribution in [0.1, 0.15) is 43.7 Å². The van der Waals surface area contributed by atoms with Gasteiger partial charge in [-0.3, -0.25) is 0 Å². The molecule has 1 aliphatic carbocycles. The Morgan fingerprint density at radius 2 is 2.00 bits per heavy atom. The number of aryl methyl sites for hydroxylation is 1. The fourth-order valence-corrected chi connectivity index (χ4v) is 4.14. The number of hydrogen-bond donors (Lipinski definition) is 2. The van der Waals surface area contributed by atoms with Crippen LogP contribution in [0.2, 0.25) is 0 Å². The molecule has 1 aromatic carbocycles. The molecule has 1 fully saturated rings. The molecule has 1 heterocycles. The number of fused-ring (bicyclic) bond motifs is 1. The number of amides is 2. The number of nitrogens with one attached hydrogen (secondary N) is 1. The highest BCUT2D eigenvalue weighted by atomic mass is 16.5. The lowest BCUT2D eigenvalue weighted by Crippen LogP contribution is -2.51. The molecule has 25 heavy (non-hydrogen) atoms. The number of aliphatic hydroxyl groups is 1. The van der Waals surface area contributed by atoms with Crippen molar-refractivity contribution in [3.63, 3.8) is 0 Å². The molecular formula is C20H30N2O3. The van der Waals surface area contributed by atoms with Gasteiger partial charge in [0.2, 0.25) is 0 Å². The van der Waals surface area contributed by atoms with Gasteiger partial charge in [-0.2, -0.15) is 0 Å². The molecule has 1 aromatic rings. The molecule has 138 valence electrons. The van der Waals surface area contributed by atoms with Crippen molar-refractivity contribution in [1.82, 2.24) is 10.2 Å². The standard InChI is InChI=1S/C20H30N2O3/c1-19(9-5-7-16-6-3-4-8-17(16)19)14-21-18(23)22(2)15-20(24)10-12-25-13-11-20/h3-4,6,8,24H,5,7,9-15H2,1-2H3,(H,21,23). The highest BCUT2D eigenvalue weighted by Crippen LogP contribution is 2.36. The summed E-state index contributed by atoms with van der Waals surface area (Å²) in [6.07, 6.45) is 4.51. The first-order chi connectivity index (χ1) is 11.9. The number of benzene rings is 1. The van der Waals surface area contributed by atoms with Crippen molar-refractivity contribution in [2.24, 2.45) is 0 Å². The third-order valence-corrected chi connectivity index (χ3v) is 5.77. The van der Waals surface area contributed by atoms with Crippen molar-refractivity contribution in [2.45, 2.75) is 50.0 Å². The molecule has 2 N–H and O–H groups in total. The minimum absolute atomic E-state index is 0.0269. The van der Waals surface area contributed by atoms with Crippen LogP contribution in [0.15, 0.2) is 24.3 Å². The molecule has 1 aliphatic heterocycles. The molecule has 0 saturated carbocycles. The van der Waals surface area contributed by atoms with E-state index in [1.165, 1.54) is 11.1 Å². The molecule has 3 rings (SSSR count). The minimum Gasteiger partial charge on any atom is -0.388 e. The summed E-state index contributed by atoms with van der Waals surface area (Å²) in [7, 11) is 1.75. The molecular weight excluding hydrogens is 316 g/mol. The lowest BCUT2D eigenvalue weighted by molar-refractivity contribution is -0.0722. The van der Waals surface area contributed by atoms with Gasteiger partial charge < -0.3 is 20.1 Å². The highest BCUT2D eigenvalue weighted by molar-refractivity contribution is 5.74. The smallest absolute Gasteiger partial charge is 0.317 e. The lowest BCUT2D eigenvalue weighted by Gasteiger charge is -2.38. The van der Waals surface area contributed by atoms with Gasteiger partial charge in [-0.15, -0.1) is 0 Å². The second-order valence-corrected chi connectivity index (χ2v) is 7.92. The van der Waals surface area contributed by atoms with E-state index >= 15 is 0 Å². The summed E-state index contributed by atoms with van der Waals surface area (Å²) >= 11 is 0. The molecule has 1 atom stereocenters. The summed E-state index contributed by atoms with van der Waals surface area (Å²) in [5.74, 6) is 0. The Labute approximate surface area is 150 Å². The molecule has 1 unspecified atom stereocenters. The second kappa shape index (κ2) is 7.34. The first kappa shape index (κ1) is 18.2. The first-order valence-electron chi connectivity index (χ1n) is 9.29. The SMILES string of the molecule is CN(CC1(O)CCOCC1)C(=O)NCC1(C)CCCc2ccccc21. The molecule has 5 nitrogen and oxygen atoms in total. The topological polar surface area (TPSA) is 61.8 Å². The van der Waals surface area contributed by atoms with Crippen LogP contribution in [0.4, 0.5) is 4.79 Å². The maximum Gasteiger partial charge on any atom is 0.317 e. The van der Waals surface area contributed by atoms with Crippen molar-refractivity contribution >= 4 is 6.03 Å². The van der Waals surface area contributed by atoms with E-state index in [0.717, 1.165) is 19.3 Å². The minimum atomic E-state index is -0.828. The zero-order valence-corrected chi connectivity index (χ0v) is 15.4. The summed E-state index contributed by atoms with van der Waals surface area (Å²) in [6.45, 7) is 4.31. The Morgan fingerprint density at radius 3 is 2.76 bits per heavy atom. The first-order valence-corrected chi connectivity index (χ1v) is 9.29. The Bertz CT molecular complexity index is 613. The van der Waals surface area contributed by atoms with Gasteiger partial charge in [-0.1, -0.05) is 31.2 Å². The van der Waals surface area contributed by atoms with E-state index in [4.69, 9.17) is 4.74 Å². The Kier molecular flexibility index (Phi) is 5.35. The van der Waals surface area contributed by atoms with Gasteiger partial charge in [-0.25, -0.2) is 4.79 Å². The summed E-state index contributed by atoms with van der Waals surface area (Å²) in [6, 6.07) is 8.43. The maximum atomic E-state index is 12.5. The van der Waals surface area contributed by atoms with E-state index in [2.05, 4.69) is 36.5 Å². The molecule has 2 aliphatic rings. The van der Waals surface area contributed by atoms with Crippen LogP contribution < -0.4 is 5.32 Å². The summed E-state index contributed by atoms with van der Waals surface area (Å²) in [5.41, 5.74) is 1.90. The molecule has 0 bridgehead atoms. The molecule has 1 saturated heterocycles. The number of ether oxygens (including phenoxy) is 1. The van der Waals surface area contributed by atoms with Crippen molar-refractivity contribution in [1.29, 1.82) is 0 Å². The number of carbonyl (C=O) groups is 1. The number of rotatable bonds is 4. The van der Waals surface area contributed by atoms with E-state index in [1.54, 1.807) is 11.9 Å². The van der Waals surface area contributed by atoms with E-state index in [1.807, 2.05) is 0 Å². The van der Waals surface area contributed by atoms with Gasteiger partial charge in [0, 0.05) is 45.1 Å². The number of carbonyl (C=O) groups excluding carboxylic acids is 1. The number of nitrogens with zero attached hydrogens (tertiary/aromatic N) is 1. The van der Waals surface area contributed by atoms with Crippen molar-refractivity contribution < 1.29 is 14.6 Å². The predicted molar refractivity (Wildman–Crippen MR) is 97.8 cm³/mol. The molecule has 0 radical (unpaired) electrons. The summed E-state index contributed by atoms with van der Waals surface area (Å²) in [5, 5.41) is 13.7. The normalized spacial score (nSPS) is 25.1. The van der Waals surface area contributed by atoms with Crippen molar-refractivity contribution in [3.05, 3.63) is 35.4 Å². The number of urea groups is 1. The molecule has 0 aromatic heterocycles. The van der Waals surface area contributed by atoms with Crippen LogP contribution in [0.25, 0.3) is 0 Å². The van der Waals surface area contributed by atoms with Gasteiger partial charge in [0.15, 0.2) is 0 Å². The highest BCUT2D eigenvalue weighted by Gasteiger charge is 2.34. The Balaban J connectivity index is 1.58. The second-order valence-electron chi connectivity index (χ2n) is 7.92. The van der Waals surface area contributed by atoms with Crippen LogP contribution in [-0.2, 0) is 16.6 Å². The molecule has 2 amide bonds. The van der Waals surface area contributed by atoms with Gasteiger partial charge in [0.25, 0.3) is 0 Å². The monoisotopic (exact) mass is 346 g/mol. The predicted octanol–water partition coefficient (Wildman–Crippen LogP) is 2.46. The summed E-state index contributed by atoms with van der Waals surface area (Å²) < 4.78 is 5.30. The molecule has 5 heteroatoms. The Morgan fingerprint density at radius 1 is 1.28 bits per heavy atom. The third-order valence-electron chi connectivity index (χ3n) is 5.77. The largest absolute Gasteiger partial charge is 0.388 e. The average molecular weight is 346 g/mol. The van der Waals surface area contributed by atoms with Gasteiger partial charge >= 0.3 is 6.03 Å². The van der Waals surface area contributed by atoms with Crippen LogP contribution in [-0.4, -0.2) is 55.0 Å². The van der Waals surface area contributed by atoms with Crippen LogP contribution in [0.5, 0.6) is 0 Å². The van der Waals surface area contributed by atoms with Crippen molar-refractivity contribution in [2.75, 3.05) is 33.4 Å². The van der Waals surface area contributed by atoms with Crippen LogP contribution >= 0.6 is 0 Å². The third kappa shape index (κ3) is 4.15. The zero-order chi connectivity index (χ0) is 17.9. The van der Waals surface area contributed by atoms with E-state index in [0.29, 0.717) is 39.1 Å².